The molecule has 0 unspecified atom stereocenters. The van der Waals surface area contributed by atoms with E-state index in [4.69, 9.17) is 10.5 Å². The highest BCUT2D eigenvalue weighted by Gasteiger charge is 2.39. The minimum Gasteiger partial charge on any atom is -0.480 e. The fourth-order valence-corrected chi connectivity index (χ4v) is 2.54. The second-order valence-electron chi connectivity index (χ2n) is 3.77. The van der Waals surface area contributed by atoms with E-state index in [9.17, 15) is 0 Å². The average Bonchev–Trinajstić information content (AvgIpc) is 2.72. The van der Waals surface area contributed by atoms with E-state index in [2.05, 4.69) is 4.98 Å². The van der Waals surface area contributed by atoms with Crippen molar-refractivity contribution in [1.29, 1.82) is 0 Å². The van der Waals surface area contributed by atoms with Gasteiger partial charge in [-0.05, 0) is 6.42 Å². The van der Waals surface area contributed by atoms with Gasteiger partial charge >= 0.3 is 0 Å². The molecule has 0 amide bonds. The zero-order valence-electron chi connectivity index (χ0n) is 8.65. The molecule has 2 N–H and O–H groups in total. The van der Waals surface area contributed by atoms with Crippen molar-refractivity contribution in [2.45, 2.75) is 18.4 Å². The van der Waals surface area contributed by atoms with Gasteiger partial charge in [0, 0.05) is 26.1 Å². The smallest absolute Gasteiger partial charge is 0.229 e. The van der Waals surface area contributed by atoms with Crippen molar-refractivity contribution in [3.05, 3.63) is 4.88 Å². The van der Waals surface area contributed by atoms with Gasteiger partial charge in [-0.2, -0.15) is 4.98 Å². The molecule has 1 aliphatic rings. The van der Waals surface area contributed by atoms with E-state index >= 15 is 0 Å². The molecule has 0 aromatic carbocycles. The van der Waals surface area contributed by atoms with Gasteiger partial charge in [0.05, 0.1) is 12.0 Å². The summed E-state index contributed by atoms with van der Waals surface area (Å²) in [6.45, 7) is 0. The molecule has 0 spiro atoms. The second-order valence-corrected chi connectivity index (χ2v) is 4.78. The van der Waals surface area contributed by atoms with Gasteiger partial charge in [0.1, 0.15) is 0 Å². The molecule has 1 aromatic heterocycles. The third kappa shape index (κ3) is 1.57. The van der Waals surface area contributed by atoms with Crippen LogP contribution >= 0.6 is 11.3 Å². The predicted octanol–water partition coefficient (Wildman–Crippen LogP) is 1.03. The molecular formula is C9H15N3OS. The Labute approximate surface area is 87.7 Å². The minimum absolute atomic E-state index is 0.305. The summed E-state index contributed by atoms with van der Waals surface area (Å²) < 4.78 is 5.24. The Morgan fingerprint density at radius 1 is 1.57 bits per heavy atom. The van der Waals surface area contributed by atoms with Crippen LogP contribution in [0.1, 0.15) is 17.2 Å². The average molecular weight is 213 g/mol. The van der Waals surface area contributed by atoms with Crippen molar-refractivity contribution in [3.8, 4) is 5.88 Å². The van der Waals surface area contributed by atoms with Crippen LogP contribution in [0.2, 0.25) is 0 Å². The van der Waals surface area contributed by atoms with E-state index in [1.165, 1.54) is 4.88 Å². The van der Waals surface area contributed by atoms with Gasteiger partial charge in [0.15, 0.2) is 5.13 Å². The van der Waals surface area contributed by atoms with Crippen LogP contribution in [0.15, 0.2) is 0 Å². The maximum atomic E-state index is 5.82. The topological polar surface area (TPSA) is 51.4 Å². The summed E-state index contributed by atoms with van der Waals surface area (Å²) in [5.74, 6) is 1.22. The molecule has 4 nitrogen and oxygen atoms in total. The zero-order valence-corrected chi connectivity index (χ0v) is 9.47. The summed E-state index contributed by atoms with van der Waals surface area (Å²) in [6, 6.07) is 0.305. The molecule has 14 heavy (non-hydrogen) atoms. The first-order valence-electron chi connectivity index (χ1n) is 4.61. The quantitative estimate of drug-likeness (QED) is 0.815. The predicted molar refractivity (Wildman–Crippen MR) is 58.3 cm³/mol. The Kier molecular flexibility index (Phi) is 2.36. The minimum atomic E-state index is 0.305. The van der Waals surface area contributed by atoms with Crippen molar-refractivity contribution >= 4 is 16.5 Å². The highest BCUT2D eigenvalue weighted by molar-refractivity contribution is 7.16. The van der Waals surface area contributed by atoms with Crippen LogP contribution in [0.4, 0.5) is 5.13 Å². The summed E-state index contributed by atoms with van der Waals surface area (Å²) in [6.07, 6.45) is 1.06. The molecular weight excluding hydrogens is 198 g/mol. The largest absolute Gasteiger partial charge is 0.480 e. The van der Waals surface area contributed by atoms with Crippen LogP contribution in [0.25, 0.3) is 0 Å². The summed E-state index contributed by atoms with van der Waals surface area (Å²) in [4.78, 5) is 7.58. The third-order valence-corrected chi connectivity index (χ3v) is 3.70. The molecule has 1 aromatic rings. The molecule has 0 aliphatic heterocycles. The summed E-state index contributed by atoms with van der Waals surface area (Å²) in [5, 5.41) is 0.982. The standard InChI is InChI=1S/C9H15N3OS/c1-12(2)9-11-8(13-3)7(14-9)5-4-6(5)10/h5-6H,4,10H2,1-3H3/t5-,6-/m1/s1. The fraction of sp³-hybridized carbons (Fsp3) is 0.667. The second kappa shape index (κ2) is 3.40. The zero-order chi connectivity index (χ0) is 10.3. The van der Waals surface area contributed by atoms with Crippen molar-refractivity contribution < 1.29 is 4.74 Å². The summed E-state index contributed by atoms with van der Waals surface area (Å²) >= 11 is 1.68. The van der Waals surface area contributed by atoms with Crippen LogP contribution in [0.3, 0.4) is 0 Å². The normalized spacial score (nSPS) is 24.9. The first-order valence-corrected chi connectivity index (χ1v) is 5.42. The van der Waals surface area contributed by atoms with E-state index < -0.39 is 0 Å². The Balaban J connectivity index is 2.29. The van der Waals surface area contributed by atoms with Gasteiger partial charge in [0.25, 0.3) is 0 Å². The lowest BCUT2D eigenvalue weighted by Crippen LogP contribution is -2.07. The van der Waals surface area contributed by atoms with Crippen molar-refractivity contribution in [1.82, 2.24) is 4.98 Å². The number of anilines is 1. The molecule has 2 atom stereocenters. The van der Waals surface area contributed by atoms with E-state index in [0.717, 1.165) is 17.4 Å². The number of hydrogen-bond donors (Lipinski definition) is 1. The summed E-state index contributed by atoms with van der Waals surface area (Å²) in [7, 11) is 5.62. The van der Waals surface area contributed by atoms with E-state index in [-0.39, 0.29) is 0 Å². The first kappa shape index (κ1) is 9.73. The van der Waals surface area contributed by atoms with Gasteiger partial charge in [-0.1, -0.05) is 11.3 Å². The van der Waals surface area contributed by atoms with Crippen molar-refractivity contribution in [2.75, 3.05) is 26.1 Å². The van der Waals surface area contributed by atoms with Crippen molar-refractivity contribution in [2.24, 2.45) is 5.73 Å². The lowest BCUT2D eigenvalue weighted by molar-refractivity contribution is 0.396. The first-order chi connectivity index (χ1) is 6.63. The lowest BCUT2D eigenvalue weighted by Gasteiger charge is -2.04. The number of nitrogens with two attached hydrogens (primary N) is 1. The summed E-state index contributed by atoms with van der Waals surface area (Å²) in [5.41, 5.74) is 5.82. The van der Waals surface area contributed by atoms with E-state index in [0.29, 0.717) is 12.0 Å². The fourth-order valence-electron chi connectivity index (χ4n) is 1.39. The van der Waals surface area contributed by atoms with Gasteiger partial charge in [-0.3, -0.25) is 0 Å². The van der Waals surface area contributed by atoms with Crippen LogP contribution < -0.4 is 15.4 Å². The van der Waals surface area contributed by atoms with E-state index in [1.807, 2.05) is 19.0 Å². The Hall–Kier alpha value is -0.810. The van der Waals surface area contributed by atoms with Crippen LogP contribution in [0.5, 0.6) is 5.88 Å². The SMILES string of the molecule is COc1nc(N(C)C)sc1[C@@H]1C[C@H]1N. The molecule has 1 fully saturated rings. The van der Waals surface area contributed by atoms with Gasteiger partial charge in [-0.25, -0.2) is 0 Å². The monoisotopic (exact) mass is 213 g/mol. The maximum Gasteiger partial charge on any atom is 0.229 e. The van der Waals surface area contributed by atoms with Crippen LogP contribution in [0, 0.1) is 0 Å². The Bertz CT molecular complexity index is 337. The number of methoxy groups -OCH3 is 1. The molecule has 0 saturated heterocycles. The molecule has 0 radical (unpaired) electrons. The molecule has 1 saturated carbocycles. The van der Waals surface area contributed by atoms with Crippen molar-refractivity contribution in [3.63, 3.8) is 0 Å². The molecule has 78 valence electrons. The maximum absolute atomic E-state index is 5.82. The van der Waals surface area contributed by atoms with Gasteiger partial charge in [-0.15, -0.1) is 0 Å². The highest BCUT2D eigenvalue weighted by Crippen LogP contribution is 2.47. The van der Waals surface area contributed by atoms with E-state index in [1.54, 1.807) is 18.4 Å². The highest BCUT2D eigenvalue weighted by atomic mass is 32.1. The number of hydrogen-bond acceptors (Lipinski definition) is 5. The van der Waals surface area contributed by atoms with Gasteiger partial charge < -0.3 is 15.4 Å². The number of ether oxygens (including phenoxy) is 1. The van der Waals surface area contributed by atoms with Crippen LogP contribution in [-0.2, 0) is 0 Å². The molecule has 0 bridgehead atoms. The number of nitrogens with zero attached hydrogens (tertiary/aromatic N) is 2. The number of rotatable bonds is 3. The number of aromatic nitrogens is 1. The van der Waals surface area contributed by atoms with Crippen LogP contribution in [-0.4, -0.2) is 32.2 Å². The Morgan fingerprint density at radius 3 is 2.64 bits per heavy atom. The molecule has 2 rings (SSSR count). The molecule has 5 heteroatoms. The molecule has 1 aliphatic carbocycles. The van der Waals surface area contributed by atoms with Gasteiger partial charge in [0.2, 0.25) is 5.88 Å². The molecule has 1 heterocycles. The number of thiazole rings is 1. The third-order valence-electron chi connectivity index (χ3n) is 2.36. The lowest BCUT2D eigenvalue weighted by atomic mass is 10.3. The Morgan fingerprint density at radius 2 is 2.21 bits per heavy atom.